The Labute approximate surface area is 185 Å². The van der Waals surface area contributed by atoms with Crippen molar-refractivity contribution in [2.75, 3.05) is 0 Å². The molecule has 0 aliphatic rings. The van der Waals surface area contributed by atoms with Gasteiger partial charge in [0, 0.05) is 0 Å². The van der Waals surface area contributed by atoms with Crippen LogP contribution in [0.5, 0.6) is 0 Å². The first-order valence-electron chi connectivity index (χ1n) is 9.38. The fourth-order valence-corrected chi connectivity index (χ4v) is 5.26. The first kappa shape index (κ1) is 24.7. The number of benzene rings is 3. The summed E-state index contributed by atoms with van der Waals surface area (Å²) >= 11 is 0. The molecular formula is C22H18F6N2O2S. The molecule has 33 heavy (non-hydrogen) atoms. The van der Waals surface area contributed by atoms with E-state index in [1.807, 2.05) is 0 Å². The second kappa shape index (κ2) is 8.47. The number of hydrogen-bond donors (Lipinski definition) is 2. The lowest BCUT2D eigenvalue weighted by atomic mass is 9.94. The zero-order valence-corrected chi connectivity index (χ0v) is 17.5. The average molecular weight is 488 g/mol. The predicted molar refractivity (Wildman–Crippen MR) is 109 cm³/mol. The Hall–Kier alpha value is -2.89. The largest absolute Gasteiger partial charge is 0.416 e. The predicted octanol–water partition coefficient (Wildman–Crippen LogP) is 5.01. The van der Waals surface area contributed by atoms with Crippen molar-refractivity contribution in [3.63, 3.8) is 0 Å². The van der Waals surface area contributed by atoms with Crippen LogP contribution < -0.4 is 11.5 Å². The van der Waals surface area contributed by atoms with Crippen molar-refractivity contribution in [1.29, 1.82) is 0 Å². The topological polar surface area (TPSA) is 86.2 Å². The van der Waals surface area contributed by atoms with Gasteiger partial charge in [-0.25, -0.2) is 8.42 Å². The molecule has 0 aliphatic heterocycles. The SMILES string of the molecule is NC(c1ccccc1)C(N)(c1ccccc1)S(=O)(=O)c1cc(C(F)(F)F)cc(C(F)(F)F)c1. The fourth-order valence-electron chi connectivity index (χ4n) is 3.39. The van der Waals surface area contributed by atoms with Gasteiger partial charge in [0.25, 0.3) is 0 Å². The van der Waals surface area contributed by atoms with E-state index in [1.165, 1.54) is 42.5 Å². The standard InChI is InChI=1S/C22H18F6N2O2S/c23-21(24,25)16-11-17(22(26,27)28)13-18(12-16)33(31,32)20(30,15-9-5-2-6-10-15)19(29)14-7-3-1-4-8-14/h1-13,19H,29-30H2. The van der Waals surface area contributed by atoms with Crippen LogP contribution in [0.4, 0.5) is 26.3 Å². The van der Waals surface area contributed by atoms with E-state index in [-0.39, 0.29) is 29.3 Å². The quantitative estimate of drug-likeness (QED) is 0.495. The van der Waals surface area contributed by atoms with Crippen molar-refractivity contribution in [3.05, 3.63) is 101 Å². The van der Waals surface area contributed by atoms with Crippen molar-refractivity contribution in [2.24, 2.45) is 11.5 Å². The molecule has 11 heteroatoms. The van der Waals surface area contributed by atoms with Gasteiger partial charge in [-0.1, -0.05) is 60.7 Å². The molecular weight excluding hydrogens is 470 g/mol. The van der Waals surface area contributed by atoms with Gasteiger partial charge in [0.05, 0.1) is 22.1 Å². The molecule has 0 bridgehead atoms. The molecule has 0 spiro atoms. The Morgan fingerprint density at radius 1 is 0.667 bits per heavy atom. The third kappa shape index (κ3) is 4.61. The summed E-state index contributed by atoms with van der Waals surface area (Å²) in [5.74, 6) is 0. The van der Waals surface area contributed by atoms with Crippen LogP contribution in [0.1, 0.15) is 28.3 Å². The lowest BCUT2D eigenvalue weighted by molar-refractivity contribution is -0.143. The first-order chi connectivity index (χ1) is 15.2. The molecule has 3 aromatic rings. The van der Waals surface area contributed by atoms with Gasteiger partial charge in [-0.3, -0.25) is 0 Å². The third-order valence-electron chi connectivity index (χ3n) is 5.16. The summed E-state index contributed by atoms with van der Waals surface area (Å²) in [5.41, 5.74) is 9.13. The van der Waals surface area contributed by atoms with Gasteiger partial charge in [0.15, 0.2) is 4.87 Å². The zero-order valence-electron chi connectivity index (χ0n) is 16.7. The molecule has 0 aromatic heterocycles. The van der Waals surface area contributed by atoms with E-state index in [9.17, 15) is 34.8 Å². The molecule has 0 heterocycles. The summed E-state index contributed by atoms with van der Waals surface area (Å²) in [7, 11) is -5.11. The number of sulfone groups is 1. The molecule has 0 saturated carbocycles. The second-order valence-corrected chi connectivity index (χ2v) is 9.45. The molecule has 4 nitrogen and oxygen atoms in total. The highest BCUT2D eigenvalue weighted by atomic mass is 32.2. The van der Waals surface area contributed by atoms with E-state index < -0.39 is 49.1 Å². The number of nitrogens with two attached hydrogens (primary N) is 2. The molecule has 3 rings (SSSR count). The van der Waals surface area contributed by atoms with Crippen molar-refractivity contribution in [3.8, 4) is 0 Å². The highest BCUT2D eigenvalue weighted by Gasteiger charge is 2.50. The molecule has 4 N–H and O–H groups in total. The van der Waals surface area contributed by atoms with E-state index in [4.69, 9.17) is 11.5 Å². The van der Waals surface area contributed by atoms with Crippen molar-refractivity contribution >= 4 is 9.84 Å². The normalized spacial score (nSPS) is 15.6. The van der Waals surface area contributed by atoms with Gasteiger partial charge in [-0.2, -0.15) is 26.3 Å². The highest BCUT2D eigenvalue weighted by Crippen LogP contribution is 2.43. The fraction of sp³-hybridized carbons (Fsp3) is 0.182. The van der Waals surface area contributed by atoms with E-state index in [0.717, 1.165) is 0 Å². The highest BCUT2D eigenvalue weighted by molar-refractivity contribution is 7.92. The molecule has 0 fully saturated rings. The van der Waals surface area contributed by atoms with E-state index >= 15 is 0 Å². The van der Waals surface area contributed by atoms with Crippen LogP contribution in [0.2, 0.25) is 0 Å². The van der Waals surface area contributed by atoms with Crippen LogP contribution in [0.25, 0.3) is 0 Å². The molecule has 2 atom stereocenters. The maximum absolute atomic E-state index is 13.7. The van der Waals surface area contributed by atoms with Crippen LogP contribution >= 0.6 is 0 Å². The molecule has 2 unspecified atom stereocenters. The van der Waals surface area contributed by atoms with Gasteiger partial charge < -0.3 is 11.5 Å². The summed E-state index contributed by atoms with van der Waals surface area (Å²) in [5, 5.41) is 0. The molecule has 0 radical (unpaired) electrons. The van der Waals surface area contributed by atoms with Gasteiger partial charge in [-0.15, -0.1) is 0 Å². The van der Waals surface area contributed by atoms with Crippen LogP contribution in [-0.4, -0.2) is 8.42 Å². The van der Waals surface area contributed by atoms with Gasteiger partial charge >= 0.3 is 12.4 Å². The smallest absolute Gasteiger partial charge is 0.321 e. The minimum Gasteiger partial charge on any atom is -0.321 e. The molecule has 176 valence electrons. The molecule has 3 aromatic carbocycles. The van der Waals surface area contributed by atoms with E-state index in [2.05, 4.69) is 0 Å². The van der Waals surface area contributed by atoms with Crippen LogP contribution in [0.15, 0.2) is 83.8 Å². The minimum atomic E-state index is -5.24. The summed E-state index contributed by atoms with van der Waals surface area (Å²) in [6.07, 6.45) is -10.5. The lowest BCUT2D eigenvalue weighted by Gasteiger charge is -2.36. The number of rotatable bonds is 5. The maximum atomic E-state index is 13.7. The Kier molecular flexibility index (Phi) is 6.35. The van der Waals surface area contributed by atoms with Crippen molar-refractivity contribution in [2.45, 2.75) is 28.2 Å². The van der Waals surface area contributed by atoms with Crippen molar-refractivity contribution in [1.82, 2.24) is 0 Å². The van der Waals surface area contributed by atoms with Gasteiger partial charge in [-0.05, 0) is 29.3 Å². The van der Waals surface area contributed by atoms with Crippen molar-refractivity contribution < 1.29 is 34.8 Å². The third-order valence-corrected chi connectivity index (χ3v) is 7.40. The van der Waals surface area contributed by atoms with Crippen LogP contribution in [0.3, 0.4) is 0 Å². The Bertz CT molecular complexity index is 1200. The Morgan fingerprint density at radius 2 is 1.09 bits per heavy atom. The van der Waals surface area contributed by atoms with Gasteiger partial charge in [0.1, 0.15) is 0 Å². The number of hydrogen-bond acceptors (Lipinski definition) is 4. The lowest BCUT2D eigenvalue weighted by Crippen LogP contribution is -2.52. The summed E-state index contributed by atoms with van der Waals surface area (Å²) < 4.78 is 107. The van der Waals surface area contributed by atoms with Crippen LogP contribution in [0, 0.1) is 0 Å². The molecule has 0 saturated heterocycles. The second-order valence-electron chi connectivity index (χ2n) is 7.29. The Morgan fingerprint density at radius 3 is 1.52 bits per heavy atom. The first-order valence-corrected chi connectivity index (χ1v) is 10.9. The average Bonchev–Trinajstić information content (AvgIpc) is 2.77. The maximum Gasteiger partial charge on any atom is 0.416 e. The molecule has 0 aliphatic carbocycles. The van der Waals surface area contributed by atoms with E-state index in [0.29, 0.717) is 0 Å². The van der Waals surface area contributed by atoms with Crippen LogP contribution in [-0.2, 0) is 27.1 Å². The minimum absolute atomic E-state index is 0.104. The summed E-state index contributed by atoms with van der Waals surface area (Å²) in [6, 6.07) is 13.2. The van der Waals surface area contributed by atoms with Gasteiger partial charge in [0.2, 0.25) is 9.84 Å². The Balaban J connectivity index is 2.34. The number of halogens is 6. The monoisotopic (exact) mass is 488 g/mol. The molecule has 0 amide bonds. The number of alkyl halides is 6. The zero-order chi connectivity index (χ0) is 24.7. The van der Waals surface area contributed by atoms with E-state index in [1.54, 1.807) is 18.2 Å². The summed E-state index contributed by atoms with van der Waals surface area (Å²) in [6.45, 7) is 0. The summed E-state index contributed by atoms with van der Waals surface area (Å²) in [4.78, 5) is -3.84.